The molecule has 3 amide bonds. The highest BCUT2D eigenvalue weighted by molar-refractivity contribution is 8.14. The van der Waals surface area contributed by atoms with E-state index >= 15 is 0 Å². The summed E-state index contributed by atoms with van der Waals surface area (Å²) in [6, 6.07) is 8.45. The van der Waals surface area contributed by atoms with Gasteiger partial charge in [0.25, 0.3) is 0 Å². The zero-order valence-electron chi connectivity index (χ0n) is 13.1. The number of hydrogen-bond donors (Lipinski definition) is 3. The van der Waals surface area contributed by atoms with Crippen LogP contribution in [0.4, 0.5) is 0 Å². The van der Waals surface area contributed by atoms with Crippen LogP contribution in [0, 0.1) is 0 Å². The Balaban J connectivity index is 2.18. The Bertz CT molecular complexity index is 650. The molecule has 1 aromatic carbocycles. The zero-order valence-corrected chi connectivity index (χ0v) is 13.9. The van der Waals surface area contributed by atoms with E-state index in [1.54, 1.807) is 30.3 Å². The summed E-state index contributed by atoms with van der Waals surface area (Å²) in [4.78, 5) is 56.1. The van der Waals surface area contributed by atoms with E-state index in [-0.39, 0.29) is 17.4 Å². The second-order valence-corrected chi connectivity index (χ2v) is 5.59. The van der Waals surface area contributed by atoms with Crippen molar-refractivity contribution in [2.24, 2.45) is 0 Å². The molecule has 0 bridgehead atoms. The lowest BCUT2D eigenvalue weighted by Crippen LogP contribution is -2.44. The number of carboxylic acids is 1. The third-order valence-electron chi connectivity index (χ3n) is 2.67. The molecule has 0 fully saturated rings. The van der Waals surface area contributed by atoms with Crippen molar-refractivity contribution in [1.29, 1.82) is 0 Å². The largest absolute Gasteiger partial charge is 0.548 e. The van der Waals surface area contributed by atoms with Gasteiger partial charge in [-0.1, -0.05) is 42.1 Å². The second kappa shape index (κ2) is 10.8. The maximum absolute atomic E-state index is 11.8. The van der Waals surface area contributed by atoms with E-state index in [0.29, 0.717) is 5.56 Å². The van der Waals surface area contributed by atoms with Crippen LogP contribution in [0.15, 0.2) is 30.3 Å². The fraction of sp³-hybridized carbons (Fsp3) is 0.267. The van der Waals surface area contributed by atoms with Gasteiger partial charge in [-0.15, -0.1) is 0 Å². The van der Waals surface area contributed by atoms with Gasteiger partial charge in [0.05, 0.1) is 31.4 Å². The standard InChI is InChI=1S/C15H17N3O6S/c19-11(16-6-12(20)18-8-14(22)23)7-17-13(21)9-25-15(24)10-4-2-1-3-5-10/h1-5H,6-9H2,(H,16,19)(H,17,21)(H,18,20)(H,22,23)/p-1. The number of amides is 3. The Morgan fingerprint density at radius 2 is 1.32 bits per heavy atom. The molecule has 0 aliphatic heterocycles. The Labute approximate surface area is 147 Å². The van der Waals surface area contributed by atoms with Crippen molar-refractivity contribution in [2.75, 3.05) is 25.4 Å². The van der Waals surface area contributed by atoms with Crippen LogP contribution in [-0.4, -0.2) is 54.2 Å². The summed E-state index contributed by atoms with van der Waals surface area (Å²) in [5.74, 6) is -3.43. The fourth-order valence-corrected chi connectivity index (χ4v) is 2.16. The van der Waals surface area contributed by atoms with E-state index in [2.05, 4.69) is 10.6 Å². The van der Waals surface area contributed by atoms with Crippen molar-refractivity contribution < 1.29 is 29.1 Å². The van der Waals surface area contributed by atoms with Crippen LogP contribution < -0.4 is 21.1 Å². The van der Waals surface area contributed by atoms with Gasteiger partial charge in [-0.3, -0.25) is 19.2 Å². The molecule has 0 aliphatic rings. The smallest absolute Gasteiger partial charge is 0.239 e. The van der Waals surface area contributed by atoms with Crippen molar-refractivity contribution in [3.05, 3.63) is 35.9 Å². The van der Waals surface area contributed by atoms with Gasteiger partial charge in [0, 0.05) is 5.56 Å². The lowest BCUT2D eigenvalue weighted by atomic mass is 10.2. The molecule has 9 nitrogen and oxygen atoms in total. The number of carbonyl (C=O) groups is 5. The molecule has 0 spiro atoms. The van der Waals surface area contributed by atoms with Gasteiger partial charge in [-0.2, -0.15) is 0 Å². The van der Waals surface area contributed by atoms with E-state index < -0.39 is 36.8 Å². The van der Waals surface area contributed by atoms with Gasteiger partial charge in [-0.05, 0) is 0 Å². The molecule has 1 aromatic rings. The second-order valence-electron chi connectivity index (χ2n) is 4.64. The molecule has 0 saturated heterocycles. The highest BCUT2D eigenvalue weighted by Crippen LogP contribution is 2.11. The first-order valence-electron chi connectivity index (χ1n) is 7.10. The minimum Gasteiger partial charge on any atom is -0.548 e. The van der Waals surface area contributed by atoms with Crippen LogP contribution in [0.2, 0.25) is 0 Å². The van der Waals surface area contributed by atoms with Crippen LogP contribution in [0.5, 0.6) is 0 Å². The number of aliphatic carboxylic acids is 1. The van der Waals surface area contributed by atoms with Gasteiger partial charge < -0.3 is 25.9 Å². The normalized spacial score (nSPS) is 9.76. The number of rotatable bonds is 9. The quantitative estimate of drug-likeness (QED) is 0.444. The van der Waals surface area contributed by atoms with Crippen LogP contribution >= 0.6 is 11.8 Å². The molecular formula is C15H16N3O6S-. The zero-order chi connectivity index (χ0) is 18.7. The number of benzene rings is 1. The monoisotopic (exact) mass is 366 g/mol. The number of nitrogens with one attached hydrogen (secondary N) is 3. The number of hydrogen-bond acceptors (Lipinski definition) is 7. The average molecular weight is 366 g/mol. The summed E-state index contributed by atoms with van der Waals surface area (Å²) in [5.41, 5.74) is 0.473. The van der Waals surface area contributed by atoms with E-state index in [0.717, 1.165) is 11.8 Å². The summed E-state index contributed by atoms with van der Waals surface area (Å²) in [7, 11) is 0. The molecular weight excluding hydrogens is 350 g/mol. The summed E-state index contributed by atoms with van der Waals surface area (Å²) in [6.45, 7) is -1.45. The lowest BCUT2D eigenvalue weighted by Gasteiger charge is -2.08. The molecule has 25 heavy (non-hydrogen) atoms. The third-order valence-corrected chi connectivity index (χ3v) is 3.57. The van der Waals surface area contributed by atoms with Crippen LogP contribution in [0.25, 0.3) is 0 Å². The lowest BCUT2D eigenvalue weighted by molar-refractivity contribution is -0.304. The SMILES string of the molecule is O=C([O-])CNC(=O)CNC(=O)CNC(=O)CSC(=O)c1ccccc1. The Hall–Kier alpha value is -2.88. The maximum atomic E-state index is 11.8. The molecule has 10 heteroatoms. The van der Waals surface area contributed by atoms with E-state index in [9.17, 15) is 29.1 Å². The van der Waals surface area contributed by atoms with Crippen molar-refractivity contribution in [2.45, 2.75) is 0 Å². The molecule has 0 aromatic heterocycles. The van der Waals surface area contributed by atoms with E-state index in [1.165, 1.54) is 0 Å². The van der Waals surface area contributed by atoms with Crippen molar-refractivity contribution >= 4 is 40.6 Å². The molecule has 0 aliphatic carbocycles. The predicted molar refractivity (Wildman–Crippen MR) is 87.3 cm³/mol. The first-order chi connectivity index (χ1) is 11.9. The van der Waals surface area contributed by atoms with Crippen LogP contribution in [0.3, 0.4) is 0 Å². The molecule has 0 saturated carbocycles. The van der Waals surface area contributed by atoms with Gasteiger partial charge in [0.2, 0.25) is 22.8 Å². The third kappa shape index (κ3) is 9.11. The number of carbonyl (C=O) groups excluding carboxylic acids is 5. The number of thioether (sulfide) groups is 1. The molecule has 1 rings (SSSR count). The predicted octanol–water partition coefficient (Wildman–Crippen LogP) is -2.34. The Morgan fingerprint density at radius 3 is 1.88 bits per heavy atom. The maximum Gasteiger partial charge on any atom is 0.239 e. The van der Waals surface area contributed by atoms with E-state index in [1.807, 2.05) is 5.32 Å². The minimum absolute atomic E-state index is 0.146. The average Bonchev–Trinajstić information content (AvgIpc) is 2.61. The highest BCUT2D eigenvalue weighted by atomic mass is 32.2. The van der Waals surface area contributed by atoms with E-state index in [4.69, 9.17) is 0 Å². The highest BCUT2D eigenvalue weighted by Gasteiger charge is 2.11. The minimum atomic E-state index is -1.45. The summed E-state index contributed by atoms with van der Waals surface area (Å²) >= 11 is 0.809. The van der Waals surface area contributed by atoms with Gasteiger partial charge in [-0.25, -0.2) is 0 Å². The van der Waals surface area contributed by atoms with Crippen molar-refractivity contribution in [3.63, 3.8) is 0 Å². The van der Waals surface area contributed by atoms with Gasteiger partial charge in [0.1, 0.15) is 0 Å². The summed E-state index contributed by atoms with van der Waals surface area (Å²) < 4.78 is 0. The van der Waals surface area contributed by atoms with Crippen molar-refractivity contribution in [3.8, 4) is 0 Å². The topological polar surface area (TPSA) is 144 Å². The molecule has 0 atom stereocenters. The molecule has 3 N–H and O–H groups in total. The first kappa shape index (κ1) is 20.2. The summed E-state index contributed by atoms with van der Waals surface area (Å²) in [5, 5.41) is 16.4. The summed E-state index contributed by atoms with van der Waals surface area (Å²) in [6.07, 6.45) is 0. The molecule has 134 valence electrons. The fourth-order valence-electron chi connectivity index (χ4n) is 1.49. The van der Waals surface area contributed by atoms with Crippen molar-refractivity contribution in [1.82, 2.24) is 16.0 Å². The molecule has 0 unspecified atom stereocenters. The van der Waals surface area contributed by atoms with Gasteiger partial charge >= 0.3 is 0 Å². The molecule has 0 heterocycles. The molecule has 0 radical (unpaired) electrons. The number of carboxylic acid groups (broad SMARTS) is 1. The Kier molecular flexibility index (Phi) is 8.72. The van der Waals surface area contributed by atoms with Crippen LogP contribution in [-0.2, 0) is 19.2 Å². The van der Waals surface area contributed by atoms with Crippen LogP contribution in [0.1, 0.15) is 10.4 Å². The first-order valence-corrected chi connectivity index (χ1v) is 8.09. The Morgan fingerprint density at radius 1 is 0.800 bits per heavy atom. The van der Waals surface area contributed by atoms with Gasteiger partial charge in [0.15, 0.2) is 0 Å².